The number of nitrogens with zero attached hydrogens (tertiary/aromatic N) is 2. The van der Waals surface area contributed by atoms with Gasteiger partial charge in [-0.15, -0.1) is 0 Å². The fourth-order valence-electron chi connectivity index (χ4n) is 1.25. The van der Waals surface area contributed by atoms with Gasteiger partial charge in [0.2, 0.25) is 16.8 Å². The van der Waals surface area contributed by atoms with Crippen LogP contribution in [0.4, 0.5) is 0 Å². The first kappa shape index (κ1) is 8.54. The molecule has 14 heavy (non-hydrogen) atoms. The van der Waals surface area contributed by atoms with Crippen molar-refractivity contribution in [3.05, 3.63) is 11.4 Å². The number of fused-ring (bicyclic) bond motifs is 1. The molecule has 0 unspecified atom stereocenters. The first-order valence-electron chi connectivity index (χ1n) is 3.74. The minimum Gasteiger partial charge on any atom is -0.593 e. The van der Waals surface area contributed by atoms with Crippen LogP contribution in [-0.4, -0.2) is 24.3 Å². The Kier molecular flexibility index (Phi) is 1.66. The molecule has 0 amide bonds. The maximum atomic E-state index is 10.9. The van der Waals surface area contributed by atoms with Gasteiger partial charge in [-0.1, -0.05) is 0 Å². The topological polar surface area (TPSA) is 83.7 Å². The lowest BCUT2D eigenvalue weighted by molar-refractivity contribution is -0.722. The Morgan fingerprint density at radius 1 is 1.50 bits per heavy atom. The second-order valence-corrected chi connectivity index (χ2v) is 2.56. The molecule has 0 saturated carbocycles. The van der Waals surface area contributed by atoms with Crippen molar-refractivity contribution in [1.82, 2.24) is 4.85 Å². The molecule has 0 saturated heterocycles. The van der Waals surface area contributed by atoms with Gasteiger partial charge in [-0.05, 0) is 4.85 Å². The molecule has 0 atom stereocenters. The highest BCUT2D eigenvalue weighted by molar-refractivity contribution is 5.81. The summed E-state index contributed by atoms with van der Waals surface area (Å²) in [5.74, 6) is 0.292. The van der Waals surface area contributed by atoms with Gasteiger partial charge in [-0.25, -0.2) is 0 Å². The molecule has 2 rings (SSSR count). The van der Waals surface area contributed by atoms with Crippen molar-refractivity contribution in [2.24, 2.45) is 0 Å². The minimum absolute atomic E-state index is 0.112. The van der Waals surface area contributed by atoms with E-state index in [1.54, 1.807) is 0 Å². The van der Waals surface area contributed by atoms with Crippen LogP contribution in [0.1, 0.15) is 0 Å². The van der Waals surface area contributed by atoms with Gasteiger partial charge in [0.15, 0.2) is 0 Å². The summed E-state index contributed by atoms with van der Waals surface area (Å²) in [7, 11) is 2.78. The zero-order valence-electron chi connectivity index (χ0n) is 7.55. The number of hydrogen-bond donors (Lipinski definition) is 1. The lowest BCUT2D eigenvalue weighted by atomic mass is 10.4. The van der Waals surface area contributed by atoms with Crippen molar-refractivity contribution in [3.8, 4) is 11.7 Å². The molecule has 0 fully saturated rings. The molecular weight excluding hydrogens is 192 g/mol. The van der Waals surface area contributed by atoms with E-state index in [1.165, 1.54) is 14.2 Å². The summed E-state index contributed by atoms with van der Waals surface area (Å²) in [5.41, 5.74) is 0.329. The normalized spacial score (nSPS) is 10.7. The van der Waals surface area contributed by atoms with E-state index < -0.39 is 0 Å². The Bertz CT molecular complexity index is 472. The highest BCUT2D eigenvalue weighted by atomic mass is 16.6. The lowest BCUT2D eigenvalue weighted by Gasteiger charge is -1.99. The van der Waals surface area contributed by atoms with Crippen molar-refractivity contribution in [1.29, 1.82) is 0 Å². The van der Waals surface area contributed by atoms with Crippen LogP contribution in [0.5, 0.6) is 11.7 Å². The molecule has 0 bridgehead atoms. The van der Waals surface area contributed by atoms with Crippen molar-refractivity contribution in [2.45, 2.75) is 0 Å². The third kappa shape index (κ3) is 0.889. The largest absolute Gasteiger partial charge is 0.593 e. The number of hydrogen-bond acceptors (Lipinski definition) is 5. The Hall–Kier alpha value is -2.05. The zero-order chi connectivity index (χ0) is 10.3. The van der Waals surface area contributed by atoms with E-state index in [1.807, 2.05) is 0 Å². The second kappa shape index (κ2) is 2.72. The van der Waals surface area contributed by atoms with E-state index in [4.69, 9.17) is 13.9 Å². The average molecular weight is 200 g/mol. The number of ether oxygens (including phenoxy) is 2. The quantitative estimate of drug-likeness (QED) is 0.423. The summed E-state index contributed by atoms with van der Waals surface area (Å²) < 4.78 is 14.9. The van der Waals surface area contributed by atoms with Crippen LogP contribution in [0.3, 0.4) is 0 Å². The lowest BCUT2D eigenvalue weighted by Crippen LogP contribution is -2.34. The first-order chi connectivity index (χ1) is 6.69. The Balaban J connectivity index is 2.79. The fourth-order valence-corrected chi connectivity index (χ4v) is 1.25. The molecule has 0 spiro atoms. The molecule has 7 heteroatoms. The van der Waals surface area contributed by atoms with E-state index in [-0.39, 0.29) is 27.6 Å². The highest BCUT2D eigenvalue weighted by Gasteiger charge is 2.25. The Morgan fingerprint density at radius 3 is 2.79 bits per heavy atom. The summed E-state index contributed by atoms with van der Waals surface area (Å²) in [6.45, 7) is 0. The standard InChI is InChI=1S/C7H8N2O5/c1-12-6-5-4(14-7(6)13-2)3-8(10)9(5)11/h3,11H,1-2H3. The van der Waals surface area contributed by atoms with Gasteiger partial charge in [0.05, 0.1) is 14.2 Å². The van der Waals surface area contributed by atoms with E-state index in [0.29, 0.717) is 4.85 Å². The average Bonchev–Trinajstić information content (AvgIpc) is 2.65. The molecule has 0 aromatic carbocycles. The molecule has 2 heterocycles. The van der Waals surface area contributed by atoms with Crippen LogP contribution in [0.25, 0.3) is 11.1 Å². The molecule has 1 N–H and O–H groups in total. The van der Waals surface area contributed by atoms with E-state index >= 15 is 0 Å². The van der Waals surface area contributed by atoms with Crippen molar-refractivity contribution in [3.63, 3.8) is 0 Å². The molecule has 0 aliphatic heterocycles. The molecule has 76 valence electrons. The monoisotopic (exact) mass is 200 g/mol. The minimum atomic E-state index is 0.112. The predicted molar refractivity (Wildman–Crippen MR) is 43.5 cm³/mol. The van der Waals surface area contributed by atoms with E-state index in [0.717, 1.165) is 6.20 Å². The maximum Gasteiger partial charge on any atom is 0.331 e. The van der Waals surface area contributed by atoms with Gasteiger partial charge in [0, 0.05) is 4.85 Å². The Labute approximate surface area is 78.2 Å². The zero-order valence-corrected chi connectivity index (χ0v) is 7.55. The van der Waals surface area contributed by atoms with Gasteiger partial charge in [-0.3, -0.25) is 0 Å². The fraction of sp³-hybridized carbons (Fsp3) is 0.286. The van der Waals surface area contributed by atoms with Gasteiger partial charge < -0.3 is 24.3 Å². The second-order valence-electron chi connectivity index (χ2n) is 2.56. The summed E-state index contributed by atoms with van der Waals surface area (Å²) in [4.78, 5) is 0.594. The van der Waals surface area contributed by atoms with Gasteiger partial charge in [0.25, 0.3) is 6.20 Å². The van der Waals surface area contributed by atoms with Gasteiger partial charge >= 0.3 is 5.95 Å². The SMILES string of the molecule is COc1oc2c[n+]([O-])n(O)c2c1OC. The predicted octanol–water partition coefficient (Wildman–Crippen LogP) is 0.122. The summed E-state index contributed by atoms with van der Waals surface area (Å²) in [6, 6.07) is 0. The van der Waals surface area contributed by atoms with Crippen molar-refractivity contribution < 1.29 is 23.9 Å². The molecule has 7 nitrogen and oxygen atoms in total. The summed E-state index contributed by atoms with van der Waals surface area (Å²) in [5, 5.41) is 20.2. The number of methoxy groups -OCH3 is 2. The smallest absolute Gasteiger partial charge is 0.331 e. The summed E-state index contributed by atoms with van der Waals surface area (Å²) >= 11 is 0. The van der Waals surface area contributed by atoms with Crippen LogP contribution in [0.2, 0.25) is 0 Å². The van der Waals surface area contributed by atoms with Gasteiger partial charge in [0.1, 0.15) is 0 Å². The van der Waals surface area contributed by atoms with E-state index in [9.17, 15) is 10.4 Å². The maximum absolute atomic E-state index is 10.9. The number of aromatic nitrogens is 2. The van der Waals surface area contributed by atoms with Crippen LogP contribution in [-0.2, 0) is 0 Å². The van der Waals surface area contributed by atoms with Crippen LogP contribution < -0.4 is 14.3 Å². The van der Waals surface area contributed by atoms with Crippen molar-refractivity contribution in [2.75, 3.05) is 14.2 Å². The van der Waals surface area contributed by atoms with E-state index in [2.05, 4.69) is 0 Å². The molecule has 0 radical (unpaired) electrons. The van der Waals surface area contributed by atoms with Crippen LogP contribution in [0, 0.1) is 5.21 Å². The molecule has 2 aromatic heterocycles. The molecule has 0 aliphatic carbocycles. The third-order valence-electron chi connectivity index (χ3n) is 1.84. The third-order valence-corrected chi connectivity index (χ3v) is 1.84. The summed E-state index contributed by atoms with van der Waals surface area (Å²) in [6.07, 6.45) is 1.07. The van der Waals surface area contributed by atoms with Crippen LogP contribution in [0.15, 0.2) is 10.6 Å². The van der Waals surface area contributed by atoms with Gasteiger partial charge in [-0.2, -0.15) is 0 Å². The van der Waals surface area contributed by atoms with Crippen molar-refractivity contribution >= 4 is 11.1 Å². The first-order valence-corrected chi connectivity index (χ1v) is 3.74. The highest BCUT2D eigenvalue weighted by Crippen LogP contribution is 2.37. The molecule has 2 aromatic rings. The van der Waals surface area contributed by atoms with Crippen LogP contribution >= 0.6 is 0 Å². The number of furan rings is 1. The Morgan fingerprint density at radius 2 is 2.21 bits per heavy atom. The molecular formula is C7H8N2O5. The molecule has 0 aliphatic rings. The number of rotatable bonds is 2.